The van der Waals surface area contributed by atoms with Gasteiger partial charge in [-0.05, 0) is 62.6 Å². The molecule has 0 radical (unpaired) electrons. The van der Waals surface area contributed by atoms with E-state index in [1.807, 2.05) is 46.3 Å². The van der Waals surface area contributed by atoms with E-state index in [0.29, 0.717) is 24.5 Å². The van der Waals surface area contributed by atoms with Crippen molar-refractivity contribution in [2.24, 2.45) is 5.92 Å². The van der Waals surface area contributed by atoms with Gasteiger partial charge in [-0.2, -0.15) is 0 Å². The van der Waals surface area contributed by atoms with Crippen LogP contribution in [0.15, 0.2) is 41.8 Å². The maximum Gasteiger partial charge on any atom is 0.251 e. The van der Waals surface area contributed by atoms with Crippen molar-refractivity contribution in [3.63, 3.8) is 0 Å². The highest BCUT2D eigenvalue weighted by molar-refractivity contribution is 7.10. The molecule has 0 bridgehead atoms. The lowest BCUT2D eigenvalue weighted by Crippen LogP contribution is -2.50. The summed E-state index contributed by atoms with van der Waals surface area (Å²) in [4.78, 5) is 28.7. The Kier molecular flexibility index (Phi) is 8.67. The quantitative estimate of drug-likeness (QED) is 0.622. The van der Waals surface area contributed by atoms with Gasteiger partial charge in [-0.3, -0.25) is 9.59 Å². The first-order chi connectivity index (χ1) is 13.8. The van der Waals surface area contributed by atoms with Crippen LogP contribution >= 0.6 is 11.3 Å². The van der Waals surface area contributed by atoms with E-state index in [-0.39, 0.29) is 23.8 Å². The molecular formula is C22H31N3O3S. The Morgan fingerprint density at radius 1 is 1.14 bits per heavy atom. The maximum absolute atomic E-state index is 12.8. The molecule has 2 aromatic rings. The number of benzene rings is 1. The SMILES string of the molecule is CCOc1ccc(C(=O)N[C@H](C(=O)NC[C@@H](c2cccs2)N(C)C)C(C)C)cc1. The third kappa shape index (κ3) is 6.58. The molecule has 0 fully saturated rings. The number of likely N-dealkylation sites (N-methyl/N-ethyl adjacent to an activating group) is 1. The van der Waals surface area contributed by atoms with Gasteiger partial charge in [0.1, 0.15) is 11.8 Å². The second kappa shape index (κ2) is 11.0. The molecule has 2 atom stereocenters. The van der Waals surface area contributed by atoms with Crippen LogP contribution in [0, 0.1) is 5.92 Å². The van der Waals surface area contributed by atoms with E-state index < -0.39 is 6.04 Å². The van der Waals surface area contributed by atoms with Crippen LogP contribution in [0.2, 0.25) is 0 Å². The summed E-state index contributed by atoms with van der Waals surface area (Å²) >= 11 is 1.67. The fourth-order valence-electron chi connectivity index (χ4n) is 2.95. The van der Waals surface area contributed by atoms with Crippen LogP contribution in [0.4, 0.5) is 0 Å². The minimum absolute atomic E-state index is 0.0406. The molecule has 0 aliphatic carbocycles. The molecule has 1 aromatic heterocycles. The molecule has 0 unspecified atom stereocenters. The summed E-state index contributed by atoms with van der Waals surface area (Å²) in [5, 5.41) is 7.91. The van der Waals surface area contributed by atoms with Crippen molar-refractivity contribution >= 4 is 23.2 Å². The molecule has 1 heterocycles. The summed E-state index contributed by atoms with van der Waals surface area (Å²) in [5.74, 6) is 0.221. The van der Waals surface area contributed by atoms with Crippen LogP contribution in [-0.2, 0) is 4.79 Å². The Balaban J connectivity index is 2.00. The number of nitrogens with one attached hydrogen (secondary N) is 2. The van der Waals surface area contributed by atoms with Crippen molar-refractivity contribution in [2.45, 2.75) is 32.9 Å². The highest BCUT2D eigenvalue weighted by Gasteiger charge is 2.26. The predicted molar refractivity (Wildman–Crippen MR) is 117 cm³/mol. The molecule has 0 aliphatic heterocycles. The Morgan fingerprint density at radius 2 is 1.83 bits per heavy atom. The lowest BCUT2D eigenvalue weighted by atomic mass is 10.0. The topological polar surface area (TPSA) is 70.7 Å². The zero-order valence-corrected chi connectivity index (χ0v) is 18.6. The molecule has 2 N–H and O–H groups in total. The number of nitrogens with zero attached hydrogens (tertiary/aromatic N) is 1. The van der Waals surface area contributed by atoms with E-state index >= 15 is 0 Å². The van der Waals surface area contributed by atoms with Crippen molar-refractivity contribution in [1.82, 2.24) is 15.5 Å². The van der Waals surface area contributed by atoms with E-state index in [0.717, 1.165) is 0 Å². The Morgan fingerprint density at radius 3 is 2.34 bits per heavy atom. The van der Waals surface area contributed by atoms with Gasteiger partial charge in [0.2, 0.25) is 5.91 Å². The summed E-state index contributed by atoms with van der Waals surface area (Å²) < 4.78 is 5.40. The van der Waals surface area contributed by atoms with Gasteiger partial charge >= 0.3 is 0 Å². The summed E-state index contributed by atoms with van der Waals surface area (Å²) in [7, 11) is 3.98. The zero-order chi connectivity index (χ0) is 21.4. The summed E-state index contributed by atoms with van der Waals surface area (Å²) in [6.07, 6.45) is 0. The molecule has 7 heteroatoms. The van der Waals surface area contributed by atoms with Crippen LogP contribution in [0.25, 0.3) is 0 Å². The first kappa shape index (κ1) is 22.9. The number of rotatable bonds is 10. The van der Waals surface area contributed by atoms with Gasteiger partial charge in [0.25, 0.3) is 5.91 Å². The predicted octanol–water partition coefficient (Wildman–Crippen LogP) is 3.32. The third-order valence-electron chi connectivity index (χ3n) is 4.63. The van der Waals surface area contributed by atoms with Gasteiger partial charge in [-0.25, -0.2) is 0 Å². The average molecular weight is 418 g/mol. The van der Waals surface area contributed by atoms with Gasteiger partial charge in [0, 0.05) is 17.0 Å². The number of carbonyl (C=O) groups is 2. The Bertz CT molecular complexity index is 773. The van der Waals surface area contributed by atoms with Crippen LogP contribution < -0.4 is 15.4 Å². The lowest BCUT2D eigenvalue weighted by Gasteiger charge is -2.26. The van der Waals surface area contributed by atoms with E-state index in [9.17, 15) is 9.59 Å². The van der Waals surface area contributed by atoms with Crippen molar-refractivity contribution < 1.29 is 14.3 Å². The van der Waals surface area contributed by atoms with Gasteiger partial charge < -0.3 is 20.3 Å². The zero-order valence-electron chi connectivity index (χ0n) is 17.8. The Hall–Kier alpha value is -2.38. The average Bonchev–Trinajstić information content (AvgIpc) is 3.20. The highest BCUT2D eigenvalue weighted by Crippen LogP contribution is 2.22. The first-order valence-electron chi connectivity index (χ1n) is 9.84. The first-order valence-corrected chi connectivity index (χ1v) is 10.7. The minimum atomic E-state index is -0.611. The highest BCUT2D eigenvalue weighted by atomic mass is 32.1. The molecule has 0 saturated heterocycles. The number of hydrogen-bond acceptors (Lipinski definition) is 5. The largest absolute Gasteiger partial charge is 0.494 e. The summed E-state index contributed by atoms with van der Waals surface area (Å²) in [5.41, 5.74) is 0.497. The van der Waals surface area contributed by atoms with Gasteiger partial charge in [-0.15, -0.1) is 11.3 Å². The monoisotopic (exact) mass is 417 g/mol. The van der Waals surface area contributed by atoms with Crippen molar-refractivity contribution in [2.75, 3.05) is 27.2 Å². The van der Waals surface area contributed by atoms with Crippen molar-refractivity contribution in [3.8, 4) is 5.75 Å². The molecule has 1 aromatic carbocycles. The van der Waals surface area contributed by atoms with E-state index in [1.54, 1.807) is 35.6 Å². The van der Waals surface area contributed by atoms with E-state index in [4.69, 9.17) is 4.74 Å². The summed E-state index contributed by atoms with van der Waals surface area (Å²) in [6, 6.07) is 10.5. The van der Waals surface area contributed by atoms with Crippen LogP contribution in [0.3, 0.4) is 0 Å². The molecular weight excluding hydrogens is 386 g/mol. The molecule has 0 aliphatic rings. The van der Waals surface area contributed by atoms with Gasteiger partial charge in [-0.1, -0.05) is 19.9 Å². The third-order valence-corrected chi connectivity index (χ3v) is 5.60. The smallest absolute Gasteiger partial charge is 0.251 e. The molecule has 158 valence electrons. The molecule has 2 rings (SSSR count). The van der Waals surface area contributed by atoms with Crippen LogP contribution in [0.5, 0.6) is 5.75 Å². The number of amides is 2. The number of thiophene rings is 1. The van der Waals surface area contributed by atoms with Gasteiger partial charge in [0.15, 0.2) is 0 Å². The molecule has 29 heavy (non-hydrogen) atoms. The fourth-order valence-corrected chi connectivity index (χ4v) is 3.88. The van der Waals surface area contributed by atoms with Crippen LogP contribution in [0.1, 0.15) is 42.0 Å². The molecule has 0 saturated carbocycles. The number of carbonyl (C=O) groups excluding carboxylic acids is 2. The number of ether oxygens (including phenoxy) is 1. The molecule has 0 spiro atoms. The lowest BCUT2D eigenvalue weighted by molar-refractivity contribution is -0.124. The van der Waals surface area contributed by atoms with Crippen LogP contribution in [-0.4, -0.2) is 50.0 Å². The number of hydrogen-bond donors (Lipinski definition) is 2. The molecule has 6 nitrogen and oxygen atoms in total. The van der Waals surface area contributed by atoms with Crippen molar-refractivity contribution in [1.29, 1.82) is 0 Å². The minimum Gasteiger partial charge on any atom is -0.494 e. The standard InChI is InChI=1S/C22H31N3O3S/c1-6-28-17-11-9-16(10-12-17)21(26)24-20(15(2)3)22(27)23-14-18(25(4)5)19-8-7-13-29-19/h7-13,15,18,20H,6,14H2,1-5H3,(H,23,27)(H,24,26)/t18-,20-/m0/s1. The maximum atomic E-state index is 12.8. The van der Waals surface area contributed by atoms with E-state index in [2.05, 4.69) is 21.6 Å². The van der Waals surface area contributed by atoms with Crippen molar-refractivity contribution in [3.05, 3.63) is 52.2 Å². The Labute approximate surface area is 177 Å². The molecule has 2 amide bonds. The second-order valence-electron chi connectivity index (χ2n) is 7.39. The second-order valence-corrected chi connectivity index (χ2v) is 8.37. The normalized spacial score (nSPS) is 13.2. The summed E-state index contributed by atoms with van der Waals surface area (Å²) in [6.45, 7) is 6.80. The fraction of sp³-hybridized carbons (Fsp3) is 0.455. The van der Waals surface area contributed by atoms with E-state index in [1.165, 1.54) is 4.88 Å². The van der Waals surface area contributed by atoms with Gasteiger partial charge in [0.05, 0.1) is 12.6 Å².